The van der Waals surface area contributed by atoms with Crippen molar-refractivity contribution >= 4 is 22.5 Å². The van der Waals surface area contributed by atoms with E-state index in [1.54, 1.807) is 10.7 Å². The normalized spacial score (nSPS) is 11.1. The number of hydrogen-bond acceptors (Lipinski definition) is 3. The quantitative estimate of drug-likeness (QED) is 0.460. The van der Waals surface area contributed by atoms with Gasteiger partial charge in [-0.25, -0.2) is 9.78 Å². The largest absolute Gasteiger partial charge is 0.292 e. The molecule has 0 bridgehead atoms. The molecule has 2 aromatic heterocycles. The molecule has 0 saturated heterocycles. The summed E-state index contributed by atoms with van der Waals surface area (Å²) in [7, 11) is 0. The third kappa shape index (κ3) is 3.02. The summed E-state index contributed by atoms with van der Waals surface area (Å²) in [6.07, 6.45) is 0. The van der Waals surface area contributed by atoms with Crippen LogP contribution in [0.4, 0.5) is 0 Å². The van der Waals surface area contributed by atoms with Crippen LogP contribution in [-0.2, 0) is 0 Å². The van der Waals surface area contributed by atoms with Crippen molar-refractivity contribution in [3.05, 3.63) is 100 Å². The van der Waals surface area contributed by atoms with Gasteiger partial charge >= 0.3 is 0 Å². The minimum absolute atomic E-state index is 0.331. The first-order chi connectivity index (χ1) is 14.2. The summed E-state index contributed by atoms with van der Waals surface area (Å²) >= 11 is 6.23. The van der Waals surface area contributed by atoms with Crippen molar-refractivity contribution in [1.29, 1.82) is 0 Å². The number of aromatic amines is 1. The van der Waals surface area contributed by atoms with E-state index >= 15 is 0 Å². The van der Waals surface area contributed by atoms with Crippen LogP contribution in [0.15, 0.2) is 89.7 Å². The molecule has 0 aliphatic rings. The number of nitrogens with zero attached hydrogens (tertiary/aromatic N) is 3. The zero-order valence-electron chi connectivity index (χ0n) is 15.2. The molecule has 5 rings (SSSR count). The number of benzene rings is 3. The molecule has 3 aromatic carbocycles. The van der Waals surface area contributed by atoms with E-state index in [1.807, 2.05) is 78.9 Å². The van der Waals surface area contributed by atoms with E-state index in [2.05, 4.69) is 15.3 Å². The van der Waals surface area contributed by atoms with Crippen molar-refractivity contribution in [1.82, 2.24) is 20.0 Å². The number of rotatable bonds is 3. The van der Waals surface area contributed by atoms with Gasteiger partial charge in [-0.1, -0.05) is 78.3 Å². The van der Waals surface area contributed by atoms with Gasteiger partial charge < -0.3 is 0 Å². The molecule has 29 heavy (non-hydrogen) atoms. The third-order valence-electron chi connectivity index (χ3n) is 4.75. The molecule has 0 spiro atoms. The van der Waals surface area contributed by atoms with Crippen LogP contribution in [0.2, 0.25) is 5.02 Å². The molecule has 0 fully saturated rings. The predicted octanol–water partition coefficient (Wildman–Crippen LogP) is 5.10. The van der Waals surface area contributed by atoms with Crippen molar-refractivity contribution < 1.29 is 0 Å². The zero-order chi connectivity index (χ0) is 19.8. The number of fused-ring (bicyclic) bond motifs is 1. The van der Waals surface area contributed by atoms with Crippen molar-refractivity contribution in [2.75, 3.05) is 0 Å². The highest BCUT2D eigenvalue weighted by Crippen LogP contribution is 2.35. The second-order valence-electron chi connectivity index (χ2n) is 6.60. The molecule has 1 N–H and O–H groups in total. The molecule has 5 aromatic rings. The topological polar surface area (TPSA) is 63.6 Å². The predicted molar refractivity (Wildman–Crippen MR) is 115 cm³/mol. The number of halogens is 1. The van der Waals surface area contributed by atoms with E-state index < -0.39 is 0 Å². The first-order valence-corrected chi connectivity index (χ1v) is 9.48. The van der Waals surface area contributed by atoms with Gasteiger partial charge in [0.1, 0.15) is 5.69 Å². The van der Waals surface area contributed by atoms with Crippen molar-refractivity contribution in [2.24, 2.45) is 0 Å². The highest BCUT2D eigenvalue weighted by atomic mass is 35.5. The molecule has 0 unspecified atom stereocenters. The second kappa shape index (κ2) is 7.04. The van der Waals surface area contributed by atoms with Crippen LogP contribution >= 0.6 is 11.6 Å². The molecule has 5 nitrogen and oxygen atoms in total. The van der Waals surface area contributed by atoms with Gasteiger partial charge in [-0.05, 0) is 18.2 Å². The van der Waals surface area contributed by atoms with Gasteiger partial charge in [-0.3, -0.25) is 4.79 Å². The highest BCUT2D eigenvalue weighted by molar-refractivity contribution is 6.30. The Bertz CT molecular complexity index is 1370. The van der Waals surface area contributed by atoms with Gasteiger partial charge in [-0.15, -0.1) is 0 Å². The van der Waals surface area contributed by atoms with Crippen molar-refractivity contribution in [3.8, 4) is 28.2 Å². The average Bonchev–Trinajstić information content (AvgIpc) is 3.17. The number of hydrogen-bond donors (Lipinski definition) is 1. The van der Waals surface area contributed by atoms with Crippen LogP contribution in [0, 0.1) is 0 Å². The fraction of sp³-hybridized carbons (Fsp3) is 0. The number of aromatic nitrogens is 4. The SMILES string of the molecule is O=c1[nH]nc(-c2ccccc2)c2c(-c3ccccc3)n(-c3cccc(Cl)c3)nc12. The molecule has 0 radical (unpaired) electrons. The monoisotopic (exact) mass is 398 g/mol. The van der Waals surface area contributed by atoms with E-state index in [-0.39, 0.29) is 5.56 Å². The first kappa shape index (κ1) is 17.4. The Morgan fingerprint density at radius 1 is 0.828 bits per heavy atom. The number of nitrogens with one attached hydrogen (secondary N) is 1. The van der Waals surface area contributed by atoms with E-state index in [1.165, 1.54) is 0 Å². The fourth-order valence-electron chi connectivity index (χ4n) is 3.48. The Kier molecular flexibility index (Phi) is 4.22. The summed E-state index contributed by atoms with van der Waals surface area (Å²) in [5.74, 6) is 0. The van der Waals surface area contributed by atoms with Crippen LogP contribution in [0.25, 0.3) is 39.1 Å². The Labute approximate surface area is 171 Å². The summed E-state index contributed by atoms with van der Waals surface area (Å²) < 4.78 is 1.76. The molecule has 2 heterocycles. The van der Waals surface area contributed by atoms with Crippen LogP contribution in [0.1, 0.15) is 0 Å². The molecular weight excluding hydrogens is 384 g/mol. The minimum atomic E-state index is -0.336. The second-order valence-corrected chi connectivity index (χ2v) is 7.03. The molecule has 0 aliphatic heterocycles. The van der Waals surface area contributed by atoms with Gasteiger partial charge in [0.25, 0.3) is 5.56 Å². The lowest BCUT2D eigenvalue weighted by atomic mass is 10.0. The summed E-state index contributed by atoms with van der Waals surface area (Å²) in [5.41, 5.74) is 4.06. The smallest absolute Gasteiger partial charge is 0.265 e. The van der Waals surface area contributed by atoms with Gasteiger partial charge in [0.15, 0.2) is 5.52 Å². The molecular formula is C23H15ClN4O. The zero-order valence-corrected chi connectivity index (χ0v) is 16.0. The summed E-state index contributed by atoms with van der Waals surface area (Å²) in [4.78, 5) is 12.6. The van der Waals surface area contributed by atoms with Crippen LogP contribution in [0.5, 0.6) is 0 Å². The van der Waals surface area contributed by atoms with Gasteiger partial charge in [-0.2, -0.15) is 10.2 Å². The maximum absolute atomic E-state index is 12.6. The molecule has 0 amide bonds. The summed E-state index contributed by atoms with van der Waals surface area (Å²) in [6, 6.07) is 27.0. The van der Waals surface area contributed by atoms with Crippen molar-refractivity contribution in [2.45, 2.75) is 0 Å². The van der Waals surface area contributed by atoms with E-state index in [0.29, 0.717) is 21.6 Å². The maximum atomic E-state index is 12.6. The minimum Gasteiger partial charge on any atom is -0.265 e. The third-order valence-corrected chi connectivity index (χ3v) is 4.99. The number of H-pyrrole nitrogens is 1. The average molecular weight is 399 g/mol. The molecule has 6 heteroatoms. The maximum Gasteiger partial charge on any atom is 0.292 e. The van der Waals surface area contributed by atoms with E-state index in [0.717, 1.165) is 22.5 Å². The lowest BCUT2D eigenvalue weighted by molar-refractivity contribution is 0.898. The Balaban J connectivity index is 1.94. The summed E-state index contributed by atoms with van der Waals surface area (Å²) in [6.45, 7) is 0. The van der Waals surface area contributed by atoms with Crippen molar-refractivity contribution in [3.63, 3.8) is 0 Å². The van der Waals surface area contributed by atoms with E-state index in [9.17, 15) is 4.79 Å². The Morgan fingerprint density at radius 3 is 2.21 bits per heavy atom. The fourth-order valence-corrected chi connectivity index (χ4v) is 3.66. The molecule has 0 atom stereocenters. The Morgan fingerprint density at radius 2 is 1.52 bits per heavy atom. The van der Waals surface area contributed by atoms with Gasteiger partial charge in [0, 0.05) is 16.1 Å². The Hall–Kier alpha value is -3.70. The molecule has 0 saturated carbocycles. The van der Waals surface area contributed by atoms with Crippen LogP contribution in [-0.4, -0.2) is 20.0 Å². The van der Waals surface area contributed by atoms with Gasteiger partial charge in [0.05, 0.1) is 16.8 Å². The lowest BCUT2D eigenvalue weighted by Gasteiger charge is -2.10. The summed E-state index contributed by atoms with van der Waals surface area (Å²) in [5, 5.41) is 12.9. The molecule has 0 aliphatic carbocycles. The van der Waals surface area contributed by atoms with Crippen LogP contribution in [0.3, 0.4) is 0 Å². The van der Waals surface area contributed by atoms with Gasteiger partial charge in [0.2, 0.25) is 0 Å². The lowest BCUT2D eigenvalue weighted by Crippen LogP contribution is -2.09. The van der Waals surface area contributed by atoms with Crippen LogP contribution < -0.4 is 5.56 Å². The molecule has 140 valence electrons. The highest BCUT2D eigenvalue weighted by Gasteiger charge is 2.22. The standard InChI is InChI=1S/C23H15ClN4O/c24-17-12-7-13-18(14-17)28-22(16-10-5-2-6-11-16)19-20(15-8-3-1-4-9-15)25-26-23(29)21(19)27-28/h1-14H,(H,26,29). The first-order valence-electron chi connectivity index (χ1n) is 9.10. The van der Waals surface area contributed by atoms with E-state index in [4.69, 9.17) is 11.6 Å².